The molecule has 1 unspecified atom stereocenters. The Balaban J connectivity index is 2.02. The summed E-state index contributed by atoms with van der Waals surface area (Å²) >= 11 is 6.18. The molecule has 1 aliphatic rings. The molecule has 3 nitrogen and oxygen atoms in total. The van der Waals surface area contributed by atoms with Gasteiger partial charge in [-0.1, -0.05) is 17.7 Å². The zero-order valence-electron chi connectivity index (χ0n) is 12.9. The molecule has 1 fully saturated rings. The second kappa shape index (κ2) is 7.54. The average Bonchev–Trinajstić information content (AvgIpc) is 2.44. The van der Waals surface area contributed by atoms with Gasteiger partial charge in [-0.2, -0.15) is 0 Å². The van der Waals surface area contributed by atoms with E-state index in [0.717, 1.165) is 25.2 Å². The molecule has 1 aliphatic heterocycles. The summed E-state index contributed by atoms with van der Waals surface area (Å²) in [4.78, 5) is 4.63. The first-order valence-corrected chi connectivity index (χ1v) is 7.93. The normalized spacial score (nSPS) is 19.1. The van der Waals surface area contributed by atoms with Gasteiger partial charge in [0.2, 0.25) is 0 Å². The number of hydrogen-bond donors (Lipinski definition) is 1. The standard InChI is InChI=1S/C16H25ClFN3/c1-20-7-5-12(6-8-20)11-21(2)16(10-19)14-4-3-13(18)9-15(14)17/h3-4,9,12,16H,5-8,10-11,19H2,1-2H3. The van der Waals surface area contributed by atoms with Crippen LogP contribution in [0.2, 0.25) is 5.02 Å². The van der Waals surface area contributed by atoms with Crippen LogP contribution >= 0.6 is 11.6 Å². The molecule has 0 aliphatic carbocycles. The van der Waals surface area contributed by atoms with Crippen molar-refractivity contribution >= 4 is 11.6 Å². The van der Waals surface area contributed by atoms with E-state index in [1.807, 2.05) is 0 Å². The zero-order chi connectivity index (χ0) is 15.4. The molecule has 1 aromatic rings. The Morgan fingerprint density at radius 1 is 1.43 bits per heavy atom. The van der Waals surface area contributed by atoms with Crippen molar-refractivity contribution in [3.8, 4) is 0 Å². The zero-order valence-corrected chi connectivity index (χ0v) is 13.6. The fraction of sp³-hybridized carbons (Fsp3) is 0.625. The highest BCUT2D eigenvalue weighted by Crippen LogP contribution is 2.28. The first-order chi connectivity index (χ1) is 10.0. The summed E-state index contributed by atoms with van der Waals surface area (Å²) < 4.78 is 13.2. The Hall–Kier alpha value is -0.680. The van der Waals surface area contributed by atoms with E-state index in [4.69, 9.17) is 17.3 Å². The molecular formula is C16H25ClFN3. The summed E-state index contributed by atoms with van der Waals surface area (Å²) in [7, 11) is 4.25. The highest BCUT2D eigenvalue weighted by Gasteiger charge is 2.23. The van der Waals surface area contributed by atoms with Crippen LogP contribution in [0.4, 0.5) is 4.39 Å². The third-order valence-corrected chi connectivity index (χ3v) is 4.79. The molecule has 21 heavy (non-hydrogen) atoms. The van der Waals surface area contributed by atoms with Gasteiger partial charge in [0, 0.05) is 24.2 Å². The second-order valence-electron chi connectivity index (χ2n) is 6.10. The summed E-state index contributed by atoms with van der Waals surface area (Å²) in [6.07, 6.45) is 2.44. The lowest BCUT2D eigenvalue weighted by molar-refractivity contribution is 0.151. The molecule has 2 rings (SSSR count). The Morgan fingerprint density at radius 3 is 2.67 bits per heavy atom. The molecule has 0 saturated carbocycles. The second-order valence-corrected chi connectivity index (χ2v) is 6.51. The van der Waals surface area contributed by atoms with Gasteiger partial charge in [0.25, 0.3) is 0 Å². The minimum absolute atomic E-state index is 0.0396. The van der Waals surface area contributed by atoms with Gasteiger partial charge in [0.1, 0.15) is 5.82 Å². The first kappa shape index (κ1) is 16.7. The van der Waals surface area contributed by atoms with E-state index in [2.05, 4.69) is 23.9 Å². The summed E-state index contributed by atoms with van der Waals surface area (Å²) in [6.45, 7) is 3.80. The lowest BCUT2D eigenvalue weighted by Crippen LogP contribution is -2.38. The molecule has 0 radical (unpaired) electrons. The summed E-state index contributed by atoms with van der Waals surface area (Å²) in [6, 6.07) is 4.61. The van der Waals surface area contributed by atoms with E-state index < -0.39 is 0 Å². The lowest BCUT2D eigenvalue weighted by Gasteiger charge is -2.35. The van der Waals surface area contributed by atoms with E-state index in [0.29, 0.717) is 17.5 Å². The molecule has 0 bridgehead atoms. The van der Waals surface area contributed by atoms with Crippen molar-refractivity contribution in [2.45, 2.75) is 18.9 Å². The third-order valence-electron chi connectivity index (χ3n) is 4.46. The maximum Gasteiger partial charge on any atom is 0.124 e. The van der Waals surface area contributed by atoms with Gasteiger partial charge in [-0.15, -0.1) is 0 Å². The minimum atomic E-state index is -0.308. The van der Waals surface area contributed by atoms with Crippen LogP contribution in [0.25, 0.3) is 0 Å². The van der Waals surface area contributed by atoms with E-state index in [9.17, 15) is 4.39 Å². The van der Waals surface area contributed by atoms with Crippen LogP contribution in [0.15, 0.2) is 18.2 Å². The van der Waals surface area contributed by atoms with E-state index >= 15 is 0 Å². The summed E-state index contributed by atoms with van der Waals surface area (Å²) in [5.74, 6) is 0.386. The molecule has 5 heteroatoms. The van der Waals surface area contributed by atoms with Crippen LogP contribution in [0.5, 0.6) is 0 Å². The Bertz CT molecular complexity index is 461. The predicted molar refractivity (Wildman–Crippen MR) is 86.1 cm³/mol. The first-order valence-electron chi connectivity index (χ1n) is 7.55. The van der Waals surface area contributed by atoms with E-state index in [1.54, 1.807) is 6.07 Å². The topological polar surface area (TPSA) is 32.5 Å². The van der Waals surface area contributed by atoms with E-state index in [-0.39, 0.29) is 11.9 Å². The van der Waals surface area contributed by atoms with Gasteiger partial charge >= 0.3 is 0 Å². The Labute approximate surface area is 131 Å². The van der Waals surface area contributed by atoms with Gasteiger partial charge in [-0.25, -0.2) is 4.39 Å². The molecule has 1 atom stereocenters. The highest BCUT2D eigenvalue weighted by molar-refractivity contribution is 6.31. The largest absolute Gasteiger partial charge is 0.329 e. The molecule has 1 aromatic carbocycles. The van der Waals surface area contributed by atoms with Crippen LogP contribution in [0.3, 0.4) is 0 Å². The predicted octanol–water partition coefficient (Wildman–Crippen LogP) is 2.75. The monoisotopic (exact) mass is 313 g/mol. The van der Waals surface area contributed by atoms with Gasteiger partial charge in [-0.05, 0) is 63.6 Å². The number of halogens is 2. The average molecular weight is 314 g/mol. The van der Waals surface area contributed by atoms with Crippen LogP contribution in [0, 0.1) is 11.7 Å². The summed E-state index contributed by atoms with van der Waals surface area (Å²) in [5, 5.41) is 0.459. The number of likely N-dealkylation sites (N-methyl/N-ethyl adjacent to an activating group) is 1. The van der Waals surface area contributed by atoms with Crippen molar-refractivity contribution in [1.82, 2.24) is 9.80 Å². The van der Waals surface area contributed by atoms with E-state index in [1.165, 1.54) is 25.0 Å². The number of likely N-dealkylation sites (tertiary alicyclic amines) is 1. The number of rotatable bonds is 5. The van der Waals surface area contributed by atoms with Gasteiger partial charge < -0.3 is 10.6 Å². The SMILES string of the molecule is CN1CCC(CN(C)C(CN)c2ccc(F)cc2Cl)CC1. The smallest absolute Gasteiger partial charge is 0.124 e. The number of nitrogens with zero attached hydrogens (tertiary/aromatic N) is 2. The molecule has 0 amide bonds. The molecule has 118 valence electrons. The molecule has 1 saturated heterocycles. The van der Waals surface area contributed by atoms with Crippen molar-refractivity contribution in [3.63, 3.8) is 0 Å². The Morgan fingerprint density at radius 2 is 2.10 bits per heavy atom. The van der Waals surface area contributed by atoms with Gasteiger partial charge in [0.15, 0.2) is 0 Å². The van der Waals surface area contributed by atoms with Crippen molar-refractivity contribution in [3.05, 3.63) is 34.6 Å². The maximum atomic E-state index is 13.2. The highest BCUT2D eigenvalue weighted by atomic mass is 35.5. The summed E-state index contributed by atoms with van der Waals surface area (Å²) in [5.41, 5.74) is 6.85. The van der Waals surface area contributed by atoms with Crippen LogP contribution < -0.4 is 5.73 Å². The molecule has 0 aromatic heterocycles. The lowest BCUT2D eigenvalue weighted by atomic mass is 9.95. The number of benzene rings is 1. The van der Waals surface area contributed by atoms with Crippen LogP contribution in [0.1, 0.15) is 24.4 Å². The number of piperidine rings is 1. The third kappa shape index (κ3) is 4.39. The minimum Gasteiger partial charge on any atom is -0.329 e. The maximum absolute atomic E-state index is 13.2. The fourth-order valence-electron chi connectivity index (χ4n) is 3.10. The molecule has 1 heterocycles. The molecule has 0 spiro atoms. The molecule has 2 N–H and O–H groups in total. The number of hydrogen-bond acceptors (Lipinski definition) is 3. The fourth-order valence-corrected chi connectivity index (χ4v) is 3.39. The number of nitrogens with two attached hydrogens (primary N) is 1. The van der Waals surface area contributed by atoms with Crippen molar-refractivity contribution in [1.29, 1.82) is 0 Å². The van der Waals surface area contributed by atoms with Crippen molar-refractivity contribution in [2.24, 2.45) is 11.7 Å². The van der Waals surface area contributed by atoms with Crippen LogP contribution in [-0.4, -0.2) is 50.1 Å². The van der Waals surface area contributed by atoms with Gasteiger partial charge in [-0.3, -0.25) is 4.90 Å². The van der Waals surface area contributed by atoms with Gasteiger partial charge in [0.05, 0.1) is 0 Å². The Kier molecular flexibility index (Phi) is 5.99. The van der Waals surface area contributed by atoms with Crippen molar-refractivity contribution < 1.29 is 4.39 Å². The van der Waals surface area contributed by atoms with Crippen LogP contribution in [-0.2, 0) is 0 Å². The van der Waals surface area contributed by atoms with Crippen molar-refractivity contribution in [2.75, 3.05) is 40.3 Å². The molecular weight excluding hydrogens is 289 g/mol. The quantitative estimate of drug-likeness (QED) is 0.907.